The van der Waals surface area contributed by atoms with E-state index in [1.165, 1.54) is 38.8 Å². The van der Waals surface area contributed by atoms with E-state index in [1.807, 2.05) is 38.7 Å². The SMILES string of the molecule is CCCCN(CCCC)C(=O)c1cc(O)c([C@H](SC(C)C)[C@@H](OC(C)=O)[C@](C)(CCC=C(C)C)OC(C)=O)c(OC)c1. The zero-order valence-corrected chi connectivity index (χ0v) is 28.2. The lowest BCUT2D eigenvalue weighted by atomic mass is 9.86. The largest absolute Gasteiger partial charge is 0.507 e. The van der Waals surface area contributed by atoms with Gasteiger partial charge in [-0.1, -0.05) is 52.2 Å². The molecule has 0 aliphatic carbocycles. The van der Waals surface area contributed by atoms with E-state index in [2.05, 4.69) is 13.8 Å². The first-order valence-electron chi connectivity index (χ1n) is 15.1. The topological polar surface area (TPSA) is 102 Å². The molecule has 0 fully saturated rings. The molecule has 0 aliphatic rings. The Kier molecular flexibility index (Phi) is 16.1. The highest BCUT2D eigenvalue weighted by Gasteiger charge is 2.47. The molecule has 1 aromatic carbocycles. The Labute approximate surface area is 257 Å². The van der Waals surface area contributed by atoms with Gasteiger partial charge in [0.05, 0.1) is 17.9 Å². The van der Waals surface area contributed by atoms with E-state index in [9.17, 15) is 19.5 Å². The third-order valence-corrected chi connectivity index (χ3v) is 8.20. The van der Waals surface area contributed by atoms with E-state index in [1.54, 1.807) is 13.0 Å². The first-order chi connectivity index (χ1) is 19.7. The number of phenols is 1. The average Bonchev–Trinajstić information content (AvgIpc) is 2.89. The molecular weight excluding hydrogens is 554 g/mol. The van der Waals surface area contributed by atoms with E-state index >= 15 is 0 Å². The summed E-state index contributed by atoms with van der Waals surface area (Å²) in [5.41, 5.74) is 0.597. The van der Waals surface area contributed by atoms with Crippen molar-refractivity contribution < 1.29 is 33.7 Å². The molecular formula is C33H53NO7S. The van der Waals surface area contributed by atoms with Gasteiger partial charge in [-0.25, -0.2) is 0 Å². The molecule has 0 saturated heterocycles. The van der Waals surface area contributed by atoms with Gasteiger partial charge in [-0.3, -0.25) is 14.4 Å². The normalized spacial score (nSPS) is 14.0. The summed E-state index contributed by atoms with van der Waals surface area (Å²) in [4.78, 5) is 40.3. The highest BCUT2D eigenvalue weighted by molar-refractivity contribution is 8.00. The Hall–Kier alpha value is -2.68. The van der Waals surface area contributed by atoms with Crippen molar-refractivity contribution in [3.63, 3.8) is 0 Å². The molecule has 1 rings (SSSR count). The van der Waals surface area contributed by atoms with Crippen LogP contribution in [0.5, 0.6) is 11.5 Å². The number of ether oxygens (including phenoxy) is 3. The molecule has 1 aromatic rings. The second kappa shape index (κ2) is 18.1. The van der Waals surface area contributed by atoms with Gasteiger partial charge in [-0.05, 0) is 63.8 Å². The fourth-order valence-electron chi connectivity index (χ4n) is 4.88. The van der Waals surface area contributed by atoms with Crippen LogP contribution in [0.15, 0.2) is 23.8 Å². The van der Waals surface area contributed by atoms with Crippen molar-refractivity contribution in [1.29, 1.82) is 0 Å². The molecule has 0 aliphatic heterocycles. The van der Waals surface area contributed by atoms with Crippen molar-refractivity contribution >= 4 is 29.6 Å². The van der Waals surface area contributed by atoms with Crippen LogP contribution in [-0.4, -0.2) is 65.0 Å². The Balaban J connectivity index is 3.82. The lowest BCUT2D eigenvalue weighted by Gasteiger charge is -2.41. The number of esters is 2. The number of unbranched alkanes of at least 4 members (excludes halogenated alkanes) is 2. The van der Waals surface area contributed by atoms with E-state index in [0.717, 1.165) is 31.3 Å². The lowest BCUT2D eigenvalue weighted by Crippen LogP contribution is -2.48. The quantitative estimate of drug-likeness (QED) is 0.134. The number of rotatable bonds is 18. The van der Waals surface area contributed by atoms with Crippen LogP contribution in [0.25, 0.3) is 0 Å². The number of methoxy groups -OCH3 is 1. The van der Waals surface area contributed by atoms with Crippen molar-refractivity contribution in [2.75, 3.05) is 20.2 Å². The molecule has 42 heavy (non-hydrogen) atoms. The van der Waals surface area contributed by atoms with Crippen LogP contribution in [0.1, 0.15) is 122 Å². The Bertz CT molecular complexity index is 1060. The zero-order valence-electron chi connectivity index (χ0n) is 27.4. The van der Waals surface area contributed by atoms with Gasteiger partial charge in [0, 0.05) is 32.5 Å². The minimum Gasteiger partial charge on any atom is -0.507 e. The van der Waals surface area contributed by atoms with Crippen LogP contribution < -0.4 is 4.74 Å². The molecule has 1 N–H and O–H groups in total. The summed E-state index contributed by atoms with van der Waals surface area (Å²) in [5.74, 6) is -1.06. The molecule has 0 bridgehead atoms. The summed E-state index contributed by atoms with van der Waals surface area (Å²) in [7, 11) is 1.48. The molecule has 0 spiro atoms. The Morgan fingerprint density at radius 2 is 1.62 bits per heavy atom. The predicted octanol–water partition coefficient (Wildman–Crippen LogP) is 7.63. The number of nitrogens with zero attached hydrogens (tertiary/aromatic N) is 1. The first-order valence-corrected chi connectivity index (χ1v) is 16.0. The minimum absolute atomic E-state index is 0.0383. The highest BCUT2D eigenvalue weighted by atomic mass is 32.2. The van der Waals surface area contributed by atoms with Gasteiger partial charge in [-0.2, -0.15) is 0 Å². The third-order valence-electron chi connectivity index (χ3n) is 6.88. The van der Waals surface area contributed by atoms with E-state index < -0.39 is 28.9 Å². The fraction of sp³-hybridized carbons (Fsp3) is 0.667. The standard InChI is InChI=1S/C33H53NO7S/c1-11-13-18-34(19-14-12-2)32(38)26-20-27(37)29(28(21-26)39-10)30(42-23(5)6)31(40-24(7)35)33(9,41-25(8)36)17-15-16-22(3)4/h16,20-21,23,30-31,37H,11-15,17-19H2,1-10H3/t30-,31+,33-/m0/s1. The fourth-order valence-corrected chi connectivity index (χ4v) is 6.33. The van der Waals surface area contributed by atoms with Gasteiger partial charge in [0.1, 0.15) is 17.1 Å². The second-order valence-corrected chi connectivity index (χ2v) is 13.2. The lowest BCUT2D eigenvalue weighted by molar-refractivity contribution is -0.182. The van der Waals surface area contributed by atoms with Gasteiger partial charge >= 0.3 is 11.9 Å². The van der Waals surface area contributed by atoms with Gasteiger partial charge in [-0.15, -0.1) is 11.8 Å². The molecule has 0 heterocycles. The summed E-state index contributed by atoms with van der Waals surface area (Å²) in [6.07, 6.45) is 5.74. The predicted molar refractivity (Wildman–Crippen MR) is 170 cm³/mol. The number of benzene rings is 1. The van der Waals surface area contributed by atoms with Crippen LogP contribution in [0.4, 0.5) is 0 Å². The maximum atomic E-state index is 13.6. The monoisotopic (exact) mass is 607 g/mol. The number of amides is 1. The Morgan fingerprint density at radius 3 is 2.07 bits per heavy atom. The number of carbonyl (C=O) groups excluding carboxylic acids is 3. The number of hydrogen-bond acceptors (Lipinski definition) is 8. The number of allylic oxidation sites excluding steroid dienone is 2. The van der Waals surface area contributed by atoms with Crippen LogP contribution in [0, 0.1) is 0 Å². The van der Waals surface area contributed by atoms with Gasteiger partial charge < -0.3 is 24.2 Å². The summed E-state index contributed by atoms with van der Waals surface area (Å²) in [5, 5.41) is 10.9. The molecule has 0 radical (unpaired) electrons. The number of phenolic OH excluding ortho intramolecular Hbond substituents is 1. The second-order valence-electron chi connectivity index (χ2n) is 11.5. The highest BCUT2D eigenvalue weighted by Crippen LogP contribution is 2.49. The Morgan fingerprint density at radius 1 is 1.02 bits per heavy atom. The summed E-state index contributed by atoms with van der Waals surface area (Å²) in [6, 6.07) is 3.11. The van der Waals surface area contributed by atoms with E-state index in [0.29, 0.717) is 42.8 Å². The molecule has 1 amide bonds. The summed E-state index contributed by atoms with van der Waals surface area (Å²) >= 11 is 1.46. The maximum absolute atomic E-state index is 13.6. The van der Waals surface area contributed by atoms with Gasteiger partial charge in [0.15, 0.2) is 6.10 Å². The molecule has 9 heteroatoms. The van der Waals surface area contributed by atoms with Crippen molar-refractivity contribution in [2.24, 2.45) is 0 Å². The molecule has 0 aromatic heterocycles. The molecule has 8 nitrogen and oxygen atoms in total. The van der Waals surface area contributed by atoms with Crippen LogP contribution in [0.2, 0.25) is 0 Å². The average molecular weight is 608 g/mol. The number of carbonyl (C=O) groups is 3. The molecule has 3 atom stereocenters. The summed E-state index contributed by atoms with van der Waals surface area (Å²) < 4.78 is 17.6. The number of hydrogen-bond donors (Lipinski definition) is 1. The van der Waals surface area contributed by atoms with E-state index in [-0.39, 0.29) is 16.9 Å². The van der Waals surface area contributed by atoms with Crippen LogP contribution >= 0.6 is 11.8 Å². The van der Waals surface area contributed by atoms with Gasteiger partial charge in [0.2, 0.25) is 0 Å². The van der Waals surface area contributed by atoms with Crippen molar-refractivity contribution in [2.45, 2.75) is 123 Å². The minimum atomic E-state index is -1.22. The molecule has 238 valence electrons. The maximum Gasteiger partial charge on any atom is 0.303 e. The number of aromatic hydroxyl groups is 1. The first kappa shape index (κ1) is 37.3. The summed E-state index contributed by atoms with van der Waals surface area (Å²) in [6.45, 7) is 17.8. The zero-order chi connectivity index (χ0) is 32.0. The van der Waals surface area contributed by atoms with Crippen LogP contribution in [0.3, 0.4) is 0 Å². The van der Waals surface area contributed by atoms with Crippen LogP contribution in [-0.2, 0) is 19.1 Å². The van der Waals surface area contributed by atoms with E-state index in [4.69, 9.17) is 14.2 Å². The van der Waals surface area contributed by atoms with Crippen molar-refractivity contribution in [3.8, 4) is 11.5 Å². The number of thioether (sulfide) groups is 1. The third kappa shape index (κ3) is 11.5. The van der Waals surface area contributed by atoms with Crippen molar-refractivity contribution in [1.82, 2.24) is 4.90 Å². The molecule has 0 saturated carbocycles. The van der Waals surface area contributed by atoms with Crippen molar-refractivity contribution in [3.05, 3.63) is 34.9 Å². The smallest absolute Gasteiger partial charge is 0.303 e. The molecule has 0 unspecified atom stereocenters. The van der Waals surface area contributed by atoms with Gasteiger partial charge in [0.25, 0.3) is 5.91 Å².